The van der Waals surface area contributed by atoms with Gasteiger partial charge in [-0.25, -0.2) is 4.79 Å². The Morgan fingerprint density at radius 3 is 3.00 bits per heavy atom. The minimum atomic E-state index is -0.164. The number of aromatic nitrogens is 1. The Morgan fingerprint density at radius 1 is 1.50 bits per heavy atom. The van der Waals surface area contributed by atoms with Crippen LogP contribution in [0.2, 0.25) is 5.02 Å². The van der Waals surface area contributed by atoms with Gasteiger partial charge in [0.05, 0.1) is 15.2 Å². The Hall–Kier alpha value is -1.35. The molecular weight excluding hydrogens is 222 g/mol. The molecule has 2 rings (SSSR count). The van der Waals surface area contributed by atoms with Crippen molar-refractivity contribution >= 4 is 45.2 Å². The van der Waals surface area contributed by atoms with Crippen LogP contribution in [0.3, 0.4) is 0 Å². The topological polar surface area (TPSA) is 49.9 Å². The smallest absolute Gasteiger partial charge is 0.305 e. The summed E-state index contributed by atoms with van der Waals surface area (Å²) in [6.07, 6.45) is 1.22. The molecule has 0 unspecified atom stereocenters. The lowest BCUT2D eigenvalue weighted by molar-refractivity contribution is 0.570. The Labute approximate surface area is 87.6 Å². The molecule has 0 fully saturated rings. The highest BCUT2D eigenvalue weighted by Crippen LogP contribution is 2.26. The van der Waals surface area contributed by atoms with Gasteiger partial charge in [-0.05, 0) is 12.1 Å². The number of carbonyl (C=O) groups excluding carboxylic acids is 1. The quantitative estimate of drug-likeness (QED) is 0.756. The van der Waals surface area contributed by atoms with Crippen molar-refractivity contribution in [3.63, 3.8) is 0 Å². The number of hydrogen-bond donors (Lipinski definition) is 1. The molecule has 1 N–H and O–H groups in total. The number of fused-ring (bicyclic) bond motifs is 1. The fourth-order valence-electron chi connectivity index (χ4n) is 1.22. The predicted octanol–water partition coefficient (Wildman–Crippen LogP) is 2.09. The zero-order chi connectivity index (χ0) is 10.1. The lowest BCUT2D eigenvalue weighted by atomic mass is 10.2. The van der Waals surface area contributed by atoms with E-state index in [1.165, 1.54) is 6.08 Å². The van der Waals surface area contributed by atoms with Gasteiger partial charge in [-0.3, -0.25) is 4.79 Å². The molecule has 14 heavy (non-hydrogen) atoms. The highest BCUT2D eigenvalue weighted by atomic mass is 35.5. The van der Waals surface area contributed by atoms with Crippen LogP contribution in [0.15, 0.2) is 16.9 Å². The third-order valence-electron chi connectivity index (χ3n) is 1.79. The molecule has 0 spiro atoms. The fourth-order valence-corrected chi connectivity index (χ4v) is 2.18. The highest BCUT2D eigenvalue weighted by molar-refractivity contribution is 7.16. The largest absolute Gasteiger partial charge is 0.312 e. The predicted molar refractivity (Wildman–Crippen MR) is 57.6 cm³/mol. The van der Waals surface area contributed by atoms with Gasteiger partial charge in [0.2, 0.25) is 0 Å². The number of aromatic amines is 1. The number of rotatable bonds is 1. The van der Waals surface area contributed by atoms with E-state index in [1.54, 1.807) is 18.1 Å². The molecule has 3 nitrogen and oxygen atoms in total. The van der Waals surface area contributed by atoms with Crippen molar-refractivity contribution in [2.75, 3.05) is 0 Å². The van der Waals surface area contributed by atoms with E-state index in [2.05, 4.69) is 4.98 Å². The number of thiazole rings is 1. The van der Waals surface area contributed by atoms with Crippen LogP contribution in [0, 0.1) is 0 Å². The summed E-state index contributed by atoms with van der Waals surface area (Å²) in [4.78, 5) is 23.8. The summed E-state index contributed by atoms with van der Waals surface area (Å²) in [6.45, 7) is 0. The first kappa shape index (κ1) is 9.21. The molecule has 0 aliphatic carbocycles. The average Bonchev–Trinajstić information content (AvgIpc) is 2.51. The number of nitrogens with one attached hydrogen (secondary N) is 1. The molecule has 1 aromatic heterocycles. The number of H-pyrrole nitrogens is 1. The molecule has 0 aliphatic rings. The zero-order valence-electron chi connectivity index (χ0n) is 6.83. The van der Waals surface area contributed by atoms with Gasteiger partial charge in [-0.1, -0.05) is 22.9 Å². The summed E-state index contributed by atoms with van der Waals surface area (Å²) in [7, 11) is 0. The summed E-state index contributed by atoms with van der Waals surface area (Å²) in [6, 6.07) is 3.39. The molecule has 5 heteroatoms. The molecule has 0 radical (unpaired) electrons. The van der Waals surface area contributed by atoms with E-state index < -0.39 is 0 Å². The van der Waals surface area contributed by atoms with Crippen molar-refractivity contribution in [3.05, 3.63) is 32.4 Å². The molecule has 0 amide bonds. The van der Waals surface area contributed by atoms with Crippen LogP contribution in [0.5, 0.6) is 0 Å². The molecule has 1 aromatic carbocycles. The number of halogens is 1. The van der Waals surface area contributed by atoms with Crippen LogP contribution in [-0.4, -0.2) is 10.9 Å². The van der Waals surface area contributed by atoms with Gasteiger partial charge in [0.15, 0.2) is 0 Å². The Morgan fingerprint density at radius 2 is 2.29 bits per heavy atom. The second kappa shape index (κ2) is 3.42. The van der Waals surface area contributed by atoms with E-state index in [0.717, 1.165) is 16.0 Å². The fraction of sp³-hybridized carbons (Fsp3) is 0. The van der Waals surface area contributed by atoms with Gasteiger partial charge < -0.3 is 4.98 Å². The SMILES string of the molecule is O=C=Cc1c(Cl)ccc2sc(=O)[nH]c12. The molecule has 0 atom stereocenters. The summed E-state index contributed by atoms with van der Waals surface area (Å²) >= 11 is 6.94. The van der Waals surface area contributed by atoms with Crippen molar-refractivity contribution in [2.24, 2.45) is 0 Å². The highest BCUT2D eigenvalue weighted by Gasteiger charge is 2.06. The molecule has 1 heterocycles. The van der Waals surface area contributed by atoms with Gasteiger partial charge in [0, 0.05) is 11.6 Å². The Bertz CT molecular complexity index is 592. The average molecular weight is 226 g/mol. The van der Waals surface area contributed by atoms with E-state index in [-0.39, 0.29) is 4.87 Å². The van der Waals surface area contributed by atoms with Gasteiger partial charge in [0.1, 0.15) is 5.94 Å². The van der Waals surface area contributed by atoms with Crippen molar-refractivity contribution in [1.29, 1.82) is 0 Å². The van der Waals surface area contributed by atoms with Crippen molar-refractivity contribution in [2.45, 2.75) is 0 Å². The first-order chi connectivity index (χ1) is 6.72. The standard InChI is InChI=1S/C9H4ClNO2S/c10-6-1-2-7-8(5(6)3-4-12)11-9(13)14-7/h1-3H,(H,11,13). The van der Waals surface area contributed by atoms with Gasteiger partial charge in [-0.2, -0.15) is 0 Å². The van der Waals surface area contributed by atoms with Crippen LogP contribution in [0.1, 0.15) is 5.56 Å². The molecule has 70 valence electrons. The maximum absolute atomic E-state index is 11.1. The van der Waals surface area contributed by atoms with E-state index in [1.807, 2.05) is 0 Å². The molecule has 0 aliphatic heterocycles. The zero-order valence-corrected chi connectivity index (χ0v) is 8.41. The van der Waals surface area contributed by atoms with Crippen LogP contribution >= 0.6 is 22.9 Å². The summed E-state index contributed by atoms with van der Waals surface area (Å²) in [5.41, 5.74) is 1.10. The first-order valence-corrected chi connectivity index (χ1v) is 4.94. The van der Waals surface area contributed by atoms with E-state index >= 15 is 0 Å². The monoisotopic (exact) mass is 225 g/mol. The third kappa shape index (κ3) is 1.40. The van der Waals surface area contributed by atoms with Crippen LogP contribution in [0.4, 0.5) is 0 Å². The Balaban J connectivity index is 2.95. The summed E-state index contributed by atoms with van der Waals surface area (Å²) in [5.74, 6) is 1.65. The van der Waals surface area contributed by atoms with Gasteiger partial charge >= 0.3 is 4.87 Å². The van der Waals surface area contributed by atoms with Crippen molar-refractivity contribution in [1.82, 2.24) is 4.98 Å². The molecule has 0 saturated heterocycles. The van der Waals surface area contributed by atoms with E-state index in [0.29, 0.717) is 16.1 Å². The lowest BCUT2D eigenvalue weighted by Crippen LogP contribution is -1.91. The molecule has 0 bridgehead atoms. The number of hydrogen-bond acceptors (Lipinski definition) is 3. The molecular formula is C9H4ClNO2S. The van der Waals surface area contributed by atoms with E-state index in [4.69, 9.17) is 11.6 Å². The first-order valence-electron chi connectivity index (χ1n) is 3.74. The normalized spacial score (nSPS) is 10.1. The van der Waals surface area contributed by atoms with Crippen LogP contribution < -0.4 is 4.87 Å². The number of benzene rings is 1. The minimum Gasteiger partial charge on any atom is -0.312 e. The second-order valence-corrected chi connectivity index (χ2v) is 4.03. The summed E-state index contributed by atoms with van der Waals surface area (Å²) in [5, 5.41) is 0.426. The van der Waals surface area contributed by atoms with Gasteiger partial charge in [-0.15, -0.1) is 0 Å². The second-order valence-electron chi connectivity index (χ2n) is 2.61. The molecule has 0 saturated carbocycles. The maximum Gasteiger partial charge on any atom is 0.305 e. The summed E-state index contributed by atoms with van der Waals surface area (Å²) < 4.78 is 0.779. The van der Waals surface area contributed by atoms with Crippen molar-refractivity contribution in [3.8, 4) is 0 Å². The lowest BCUT2D eigenvalue weighted by Gasteiger charge is -1.96. The Kier molecular flexibility index (Phi) is 2.25. The van der Waals surface area contributed by atoms with Crippen LogP contribution in [0.25, 0.3) is 16.3 Å². The van der Waals surface area contributed by atoms with Gasteiger partial charge in [0.25, 0.3) is 0 Å². The van der Waals surface area contributed by atoms with E-state index in [9.17, 15) is 9.59 Å². The molecule has 2 aromatic rings. The maximum atomic E-state index is 11.1. The minimum absolute atomic E-state index is 0.164. The third-order valence-corrected chi connectivity index (χ3v) is 2.96. The van der Waals surface area contributed by atoms with Crippen LogP contribution in [-0.2, 0) is 4.79 Å². The van der Waals surface area contributed by atoms with Crippen molar-refractivity contribution < 1.29 is 4.79 Å².